The van der Waals surface area contributed by atoms with Crippen molar-refractivity contribution in [1.82, 2.24) is 0 Å². The minimum atomic E-state index is 0.871. The van der Waals surface area contributed by atoms with Crippen LogP contribution in [0.1, 0.15) is 5.56 Å². The number of thioether (sulfide) groups is 1. The lowest BCUT2D eigenvalue weighted by molar-refractivity contribution is 0.404. The van der Waals surface area contributed by atoms with Crippen LogP contribution in [-0.2, 0) is 5.75 Å². The first-order valence-corrected chi connectivity index (χ1v) is 6.62. The minimum absolute atomic E-state index is 0.871. The van der Waals surface area contributed by atoms with Gasteiger partial charge in [0.15, 0.2) is 0 Å². The predicted molar refractivity (Wildman–Crippen MR) is 74.4 cm³/mol. The lowest BCUT2D eigenvalue weighted by Gasteiger charge is -2.07. The molecule has 0 bridgehead atoms. The van der Waals surface area contributed by atoms with Crippen molar-refractivity contribution in [3.63, 3.8) is 0 Å². The highest BCUT2D eigenvalue weighted by atomic mass is 32.2. The molecular formula is C15H15O2S. The molecule has 2 rings (SSSR count). The van der Waals surface area contributed by atoms with Gasteiger partial charge in [-0.05, 0) is 35.9 Å². The molecule has 1 radical (unpaired) electrons. The van der Waals surface area contributed by atoms with Gasteiger partial charge in [-0.25, -0.2) is 0 Å². The molecule has 3 heteroatoms. The second-order valence-electron chi connectivity index (χ2n) is 3.71. The Balaban J connectivity index is 2.02. The summed E-state index contributed by atoms with van der Waals surface area (Å²) < 4.78 is 10.4. The van der Waals surface area contributed by atoms with Gasteiger partial charge in [-0.2, -0.15) is 0 Å². The smallest absolute Gasteiger partial charge is 0.133 e. The Hall–Kier alpha value is -1.61. The zero-order chi connectivity index (χ0) is 12.8. The van der Waals surface area contributed by atoms with E-state index >= 15 is 0 Å². The molecule has 18 heavy (non-hydrogen) atoms. The van der Waals surface area contributed by atoms with E-state index in [1.165, 1.54) is 5.56 Å². The predicted octanol–water partition coefficient (Wildman–Crippen LogP) is 3.80. The summed E-state index contributed by atoms with van der Waals surface area (Å²) in [5.74, 6) is 2.66. The van der Waals surface area contributed by atoms with Gasteiger partial charge < -0.3 is 9.47 Å². The van der Waals surface area contributed by atoms with Crippen molar-refractivity contribution in [3.8, 4) is 11.5 Å². The summed E-state index contributed by atoms with van der Waals surface area (Å²) in [6, 6.07) is 16.9. The summed E-state index contributed by atoms with van der Waals surface area (Å²) in [4.78, 5) is 1.13. The first-order chi connectivity index (χ1) is 8.83. The standard InChI is InChI=1S/C15H15O2S/c1-16-13-9-7-12(8-10-13)11-18-15-6-4-3-5-14(15)17-2/h4-10H,11H2,1-2H3. The van der Waals surface area contributed by atoms with Crippen LogP contribution >= 0.6 is 11.8 Å². The number of rotatable bonds is 5. The van der Waals surface area contributed by atoms with Crippen molar-refractivity contribution in [3.05, 3.63) is 54.1 Å². The zero-order valence-electron chi connectivity index (χ0n) is 10.5. The summed E-state index contributed by atoms with van der Waals surface area (Å²) in [7, 11) is 3.36. The van der Waals surface area contributed by atoms with Crippen LogP contribution in [0.25, 0.3) is 0 Å². The highest BCUT2D eigenvalue weighted by Crippen LogP contribution is 2.31. The van der Waals surface area contributed by atoms with Crippen LogP contribution < -0.4 is 9.47 Å². The van der Waals surface area contributed by atoms with Gasteiger partial charge in [0.1, 0.15) is 11.5 Å². The molecule has 0 fully saturated rings. The average Bonchev–Trinajstić information content (AvgIpc) is 2.46. The van der Waals surface area contributed by atoms with Gasteiger partial charge in [0.2, 0.25) is 0 Å². The van der Waals surface area contributed by atoms with E-state index in [9.17, 15) is 0 Å². The van der Waals surface area contributed by atoms with E-state index in [0.29, 0.717) is 0 Å². The topological polar surface area (TPSA) is 18.5 Å². The minimum Gasteiger partial charge on any atom is -0.497 e. The SMILES string of the molecule is COc1ccc(CSc2cc[c]cc2OC)cc1. The van der Waals surface area contributed by atoms with Gasteiger partial charge in [-0.3, -0.25) is 0 Å². The molecule has 0 N–H and O–H groups in total. The third-order valence-electron chi connectivity index (χ3n) is 2.56. The molecular weight excluding hydrogens is 244 g/mol. The van der Waals surface area contributed by atoms with Gasteiger partial charge in [-0.15, -0.1) is 11.8 Å². The van der Waals surface area contributed by atoms with Crippen molar-refractivity contribution in [2.75, 3.05) is 14.2 Å². The maximum Gasteiger partial charge on any atom is 0.133 e. The van der Waals surface area contributed by atoms with Crippen molar-refractivity contribution in [1.29, 1.82) is 0 Å². The first kappa shape index (κ1) is 12.8. The second-order valence-corrected chi connectivity index (χ2v) is 4.73. The fourth-order valence-corrected chi connectivity index (χ4v) is 2.53. The van der Waals surface area contributed by atoms with Gasteiger partial charge >= 0.3 is 0 Å². The molecule has 0 amide bonds. The van der Waals surface area contributed by atoms with Gasteiger partial charge in [0.05, 0.1) is 14.2 Å². The van der Waals surface area contributed by atoms with Crippen LogP contribution in [0, 0.1) is 6.07 Å². The highest BCUT2D eigenvalue weighted by molar-refractivity contribution is 7.98. The number of benzene rings is 2. The quantitative estimate of drug-likeness (QED) is 0.761. The number of hydrogen-bond donors (Lipinski definition) is 0. The molecule has 0 aliphatic carbocycles. The summed E-state index contributed by atoms with van der Waals surface area (Å²) in [5, 5.41) is 0. The fourth-order valence-electron chi connectivity index (χ4n) is 1.56. The van der Waals surface area contributed by atoms with E-state index in [1.54, 1.807) is 26.0 Å². The summed E-state index contributed by atoms with van der Waals surface area (Å²) in [5.41, 5.74) is 1.26. The monoisotopic (exact) mass is 259 g/mol. The molecule has 2 aromatic rings. The van der Waals surface area contributed by atoms with Crippen LogP contribution in [0.3, 0.4) is 0 Å². The molecule has 0 spiro atoms. The van der Waals surface area contributed by atoms with Crippen molar-refractivity contribution >= 4 is 11.8 Å². The molecule has 0 atom stereocenters. The normalized spacial score (nSPS) is 10.1. The van der Waals surface area contributed by atoms with Crippen LogP contribution in [-0.4, -0.2) is 14.2 Å². The Morgan fingerprint density at radius 1 is 1.06 bits per heavy atom. The van der Waals surface area contributed by atoms with Crippen LogP contribution in [0.5, 0.6) is 11.5 Å². The fraction of sp³-hybridized carbons (Fsp3) is 0.200. The molecule has 0 aliphatic heterocycles. The summed E-state index contributed by atoms with van der Waals surface area (Å²) in [6.45, 7) is 0. The summed E-state index contributed by atoms with van der Waals surface area (Å²) in [6.07, 6.45) is 0. The molecule has 0 aromatic heterocycles. The average molecular weight is 259 g/mol. The maximum absolute atomic E-state index is 5.30. The Morgan fingerprint density at radius 2 is 1.83 bits per heavy atom. The van der Waals surface area contributed by atoms with Gasteiger partial charge in [0, 0.05) is 10.6 Å². The maximum atomic E-state index is 5.30. The van der Waals surface area contributed by atoms with E-state index in [1.807, 2.05) is 30.3 Å². The lowest BCUT2D eigenvalue weighted by atomic mass is 10.2. The number of ether oxygens (including phenoxy) is 2. The van der Waals surface area contributed by atoms with E-state index < -0.39 is 0 Å². The number of methoxy groups -OCH3 is 2. The highest BCUT2D eigenvalue weighted by Gasteiger charge is 2.03. The largest absolute Gasteiger partial charge is 0.497 e. The molecule has 0 aliphatic rings. The van der Waals surface area contributed by atoms with E-state index in [-0.39, 0.29) is 0 Å². The molecule has 0 heterocycles. The van der Waals surface area contributed by atoms with E-state index in [4.69, 9.17) is 9.47 Å². The molecule has 0 saturated carbocycles. The van der Waals surface area contributed by atoms with E-state index in [2.05, 4.69) is 18.2 Å². The Bertz CT molecular complexity index is 494. The molecule has 0 saturated heterocycles. The van der Waals surface area contributed by atoms with Gasteiger partial charge in [-0.1, -0.05) is 18.2 Å². The Morgan fingerprint density at radius 3 is 2.50 bits per heavy atom. The van der Waals surface area contributed by atoms with Crippen molar-refractivity contribution < 1.29 is 9.47 Å². The Labute approximate surface area is 112 Å². The van der Waals surface area contributed by atoms with Crippen LogP contribution in [0.4, 0.5) is 0 Å². The number of hydrogen-bond acceptors (Lipinski definition) is 3. The molecule has 2 nitrogen and oxygen atoms in total. The second kappa shape index (κ2) is 6.36. The molecule has 2 aromatic carbocycles. The van der Waals surface area contributed by atoms with E-state index in [0.717, 1.165) is 22.1 Å². The summed E-state index contributed by atoms with van der Waals surface area (Å²) >= 11 is 1.75. The molecule has 93 valence electrons. The Kier molecular flexibility index (Phi) is 4.53. The third kappa shape index (κ3) is 3.20. The van der Waals surface area contributed by atoms with Crippen LogP contribution in [0.2, 0.25) is 0 Å². The lowest BCUT2D eigenvalue weighted by Crippen LogP contribution is -1.87. The van der Waals surface area contributed by atoms with Gasteiger partial charge in [0.25, 0.3) is 0 Å². The zero-order valence-corrected chi connectivity index (χ0v) is 11.3. The van der Waals surface area contributed by atoms with Crippen molar-refractivity contribution in [2.24, 2.45) is 0 Å². The first-order valence-electron chi connectivity index (χ1n) is 5.63. The third-order valence-corrected chi connectivity index (χ3v) is 3.69. The van der Waals surface area contributed by atoms with Crippen LogP contribution in [0.15, 0.2) is 47.4 Å². The van der Waals surface area contributed by atoms with Crippen molar-refractivity contribution in [2.45, 2.75) is 10.6 Å². The molecule has 0 unspecified atom stereocenters.